The first kappa shape index (κ1) is 18.5. The molecule has 3 heterocycles. The van der Waals surface area contributed by atoms with Gasteiger partial charge in [0, 0.05) is 31.1 Å². The number of nitrogens with zero attached hydrogens (tertiary/aromatic N) is 5. The van der Waals surface area contributed by atoms with Crippen LogP contribution in [0.15, 0.2) is 18.6 Å². The third kappa shape index (κ3) is 3.18. The van der Waals surface area contributed by atoms with Crippen LogP contribution in [0.3, 0.4) is 0 Å². The van der Waals surface area contributed by atoms with E-state index < -0.39 is 5.41 Å². The zero-order valence-electron chi connectivity index (χ0n) is 16.5. The molecule has 5 rings (SSSR count). The van der Waals surface area contributed by atoms with E-state index in [1.54, 1.807) is 24.2 Å². The van der Waals surface area contributed by atoms with Crippen molar-refractivity contribution < 1.29 is 14.6 Å². The Hall–Kier alpha value is -2.52. The van der Waals surface area contributed by atoms with E-state index in [1.807, 2.05) is 11.1 Å². The number of rotatable bonds is 6. The molecule has 3 aliphatic rings. The van der Waals surface area contributed by atoms with E-state index in [9.17, 15) is 9.90 Å². The van der Waals surface area contributed by atoms with Gasteiger partial charge < -0.3 is 15.2 Å². The van der Waals surface area contributed by atoms with Gasteiger partial charge >= 0.3 is 0 Å². The highest BCUT2D eigenvalue weighted by atomic mass is 16.5. The Balaban J connectivity index is 1.42. The van der Waals surface area contributed by atoms with Crippen LogP contribution in [-0.4, -0.2) is 56.6 Å². The van der Waals surface area contributed by atoms with Crippen molar-refractivity contribution in [1.82, 2.24) is 19.7 Å². The second-order valence-corrected chi connectivity index (χ2v) is 8.27. The van der Waals surface area contributed by atoms with Gasteiger partial charge in [-0.25, -0.2) is 4.98 Å². The van der Waals surface area contributed by atoms with Gasteiger partial charge in [0.05, 0.1) is 36.6 Å². The summed E-state index contributed by atoms with van der Waals surface area (Å²) in [5, 5.41) is 17.6. The molecule has 1 amide bonds. The van der Waals surface area contributed by atoms with E-state index in [2.05, 4.69) is 15.4 Å². The summed E-state index contributed by atoms with van der Waals surface area (Å²) in [5.41, 5.74) is 1.29. The van der Waals surface area contributed by atoms with Crippen LogP contribution in [0, 0.1) is 0 Å². The summed E-state index contributed by atoms with van der Waals surface area (Å²) in [7, 11) is 1.66. The summed E-state index contributed by atoms with van der Waals surface area (Å²) in [4.78, 5) is 24.3. The molecular formula is C20H26N6O3. The number of hydrogen-bond acceptors (Lipinski definition) is 7. The highest BCUT2D eigenvalue weighted by Gasteiger charge is 2.61. The minimum absolute atomic E-state index is 0.00418. The molecule has 29 heavy (non-hydrogen) atoms. The molecule has 2 atom stereocenters. The number of anilines is 3. The molecule has 0 radical (unpaired) electrons. The molecule has 2 N–H and O–H groups in total. The van der Waals surface area contributed by atoms with Crippen LogP contribution in [0.2, 0.25) is 0 Å². The van der Waals surface area contributed by atoms with Crippen LogP contribution >= 0.6 is 0 Å². The lowest BCUT2D eigenvalue weighted by Gasteiger charge is -2.33. The molecule has 0 saturated heterocycles. The van der Waals surface area contributed by atoms with Crippen LogP contribution in [0.5, 0.6) is 0 Å². The fourth-order valence-corrected chi connectivity index (χ4v) is 4.58. The summed E-state index contributed by atoms with van der Waals surface area (Å²) in [6, 6.07) is 0.00418. The van der Waals surface area contributed by atoms with E-state index in [4.69, 9.17) is 9.72 Å². The van der Waals surface area contributed by atoms with E-state index >= 15 is 0 Å². The van der Waals surface area contributed by atoms with Gasteiger partial charge in [0.1, 0.15) is 5.82 Å². The average molecular weight is 398 g/mol. The van der Waals surface area contributed by atoms with Crippen LogP contribution in [0.25, 0.3) is 0 Å². The zero-order chi connectivity index (χ0) is 20.0. The van der Waals surface area contributed by atoms with Crippen molar-refractivity contribution in [2.75, 3.05) is 23.9 Å². The smallest absolute Gasteiger partial charge is 0.239 e. The molecule has 1 aliphatic heterocycles. The molecule has 2 aromatic heterocycles. The number of carbonyl (C=O) groups is 1. The van der Waals surface area contributed by atoms with Crippen molar-refractivity contribution in [3.8, 4) is 0 Å². The maximum absolute atomic E-state index is 13.3. The first-order valence-electron chi connectivity index (χ1n) is 10.3. The van der Waals surface area contributed by atoms with Gasteiger partial charge in [-0.2, -0.15) is 10.1 Å². The normalized spacial score (nSPS) is 24.8. The molecule has 2 fully saturated rings. The summed E-state index contributed by atoms with van der Waals surface area (Å²) in [6.45, 7) is 1.25. The Morgan fingerprint density at radius 1 is 1.34 bits per heavy atom. The molecule has 9 nitrogen and oxygen atoms in total. The van der Waals surface area contributed by atoms with Crippen LogP contribution in [0.1, 0.15) is 44.1 Å². The Morgan fingerprint density at radius 3 is 2.97 bits per heavy atom. The maximum atomic E-state index is 13.3. The number of carbonyl (C=O) groups excluding carboxylic acids is 1. The third-order valence-electron chi connectivity index (χ3n) is 6.29. The molecule has 1 spiro atoms. The van der Waals surface area contributed by atoms with Gasteiger partial charge in [0.2, 0.25) is 11.9 Å². The molecule has 0 aromatic carbocycles. The lowest BCUT2D eigenvalue weighted by atomic mass is 9.92. The van der Waals surface area contributed by atoms with Crippen molar-refractivity contribution in [2.45, 2.75) is 62.6 Å². The molecule has 0 unspecified atom stereocenters. The van der Waals surface area contributed by atoms with Gasteiger partial charge in [-0.05, 0) is 38.5 Å². The molecule has 0 bridgehead atoms. The second-order valence-electron chi connectivity index (χ2n) is 8.27. The Morgan fingerprint density at radius 2 is 2.21 bits per heavy atom. The predicted molar refractivity (Wildman–Crippen MR) is 106 cm³/mol. The van der Waals surface area contributed by atoms with Crippen LogP contribution in [0.4, 0.5) is 17.5 Å². The van der Waals surface area contributed by atoms with Gasteiger partial charge in [-0.1, -0.05) is 0 Å². The van der Waals surface area contributed by atoms with Crippen molar-refractivity contribution >= 4 is 23.4 Å². The summed E-state index contributed by atoms with van der Waals surface area (Å²) in [5.74, 6) is 1.28. The number of aliphatic hydroxyl groups is 1. The molecule has 9 heteroatoms. The van der Waals surface area contributed by atoms with Gasteiger partial charge in [0.25, 0.3) is 0 Å². The Bertz CT molecular complexity index is 925. The highest BCUT2D eigenvalue weighted by Crippen LogP contribution is 2.57. The lowest BCUT2D eigenvalue weighted by molar-refractivity contribution is -0.121. The SMILES string of the molecule is COCCn1cc(Nc2ncc3c(n2)N([C@H]2CCC[C@H](O)C2)C(=O)C32CC2)cn1. The standard InChI is InChI=1S/C20H26N6O3/c1-29-8-7-25-12-13(10-22-25)23-19-21-11-16-17(24-19)26(18(28)20(16)5-6-20)14-3-2-4-15(27)9-14/h10-12,14-15,27H,2-9H2,1H3,(H,21,23,24)/t14-,15-/m0/s1. The number of nitrogens with one attached hydrogen (secondary N) is 1. The van der Waals surface area contributed by atoms with Crippen molar-refractivity contribution in [1.29, 1.82) is 0 Å². The van der Waals surface area contributed by atoms with Crippen molar-refractivity contribution in [3.63, 3.8) is 0 Å². The second kappa shape index (κ2) is 7.07. The first-order valence-corrected chi connectivity index (χ1v) is 10.3. The minimum Gasteiger partial charge on any atom is -0.393 e. The van der Waals surface area contributed by atoms with Crippen molar-refractivity contribution in [2.24, 2.45) is 0 Å². The number of methoxy groups -OCH3 is 1. The molecule has 2 aliphatic carbocycles. The average Bonchev–Trinajstić information content (AvgIpc) is 3.34. The third-order valence-corrected chi connectivity index (χ3v) is 6.29. The fraction of sp³-hybridized carbons (Fsp3) is 0.600. The molecular weight excluding hydrogens is 372 g/mol. The number of fused-ring (bicyclic) bond motifs is 2. The van der Waals surface area contributed by atoms with Gasteiger partial charge in [-0.3, -0.25) is 14.4 Å². The van der Waals surface area contributed by atoms with E-state index in [-0.39, 0.29) is 18.1 Å². The van der Waals surface area contributed by atoms with Gasteiger partial charge in [-0.15, -0.1) is 0 Å². The molecule has 2 aromatic rings. The summed E-state index contributed by atoms with van der Waals surface area (Å²) < 4.78 is 6.86. The number of aliphatic hydroxyl groups excluding tert-OH is 1. The quantitative estimate of drug-likeness (QED) is 0.764. The highest BCUT2D eigenvalue weighted by molar-refractivity contribution is 6.09. The zero-order valence-corrected chi connectivity index (χ0v) is 16.5. The Labute approximate surface area is 169 Å². The van der Waals surface area contributed by atoms with Crippen LogP contribution in [-0.2, 0) is 21.5 Å². The number of ether oxygens (including phenoxy) is 1. The van der Waals surface area contributed by atoms with Gasteiger partial charge in [0.15, 0.2) is 0 Å². The fourth-order valence-electron chi connectivity index (χ4n) is 4.58. The number of amides is 1. The van der Waals surface area contributed by atoms with Crippen LogP contribution < -0.4 is 10.2 Å². The van der Waals surface area contributed by atoms with Crippen molar-refractivity contribution in [3.05, 3.63) is 24.2 Å². The van der Waals surface area contributed by atoms with E-state index in [0.29, 0.717) is 31.3 Å². The number of aromatic nitrogens is 4. The lowest BCUT2D eigenvalue weighted by Crippen LogP contribution is -2.44. The van der Waals surface area contributed by atoms with E-state index in [1.165, 1.54) is 0 Å². The molecule has 2 saturated carbocycles. The molecule has 154 valence electrons. The largest absolute Gasteiger partial charge is 0.393 e. The number of hydrogen-bond donors (Lipinski definition) is 2. The summed E-state index contributed by atoms with van der Waals surface area (Å²) in [6.07, 6.45) is 9.99. The maximum Gasteiger partial charge on any atom is 0.239 e. The first-order chi connectivity index (χ1) is 14.1. The predicted octanol–water partition coefficient (Wildman–Crippen LogP) is 1.74. The Kier molecular flexibility index (Phi) is 4.51. The minimum atomic E-state index is -0.429. The van der Waals surface area contributed by atoms with E-state index in [0.717, 1.165) is 43.4 Å². The summed E-state index contributed by atoms with van der Waals surface area (Å²) >= 11 is 0. The topological polar surface area (TPSA) is 105 Å². The monoisotopic (exact) mass is 398 g/mol.